The summed E-state index contributed by atoms with van der Waals surface area (Å²) in [6.07, 6.45) is 1.83. The van der Waals surface area contributed by atoms with Gasteiger partial charge in [0.2, 0.25) is 5.95 Å². The highest BCUT2D eigenvalue weighted by molar-refractivity contribution is 5.30. The van der Waals surface area contributed by atoms with Crippen molar-refractivity contribution < 1.29 is 0 Å². The molecule has 2 rings (SSSR count). The van der Waals surface area contributed by atoms with E-state index in [1.807, 2.05) is 19.2 Å². The third-order valence-electron chi connectivity index (χ3n) is 2.65. The molecule has 1 aromatic heterocycles. The van der Waals surface area contributed by atoms with Crippen molar-refractivity contribution in [3.8, 4) is 0 Å². The van der Waals surface area contributed by atoms with E-state index in [-0.39, 0.29) is 0 Å². The number of nitrogens with zero attached hydrogens (tertiary/aromatic N) is 3. The molecule has 1 atom stereocenters. The van der Waals surface area contributed by atoms with Crippen LogP contribution in [0.4, 0.5) is 5.95 Å². The summed E-state index contributed by atoms with van der Waals surface area (Å²) in [7, 11) is 0. The number of rotatable bonds is 1. The summed E-state index contributed by atoms with van der Waals surface area (Å²) >= 11 is 0. The van der Waals surface area contributed by atoms with E-state index < -0.39 is 0 Å². The number of anilines is 1. The van der Waals surface area contributed by atoms with Gasteiger partial charge < -0.3 is 10.2 Å². The molecule has 2 heterocycles. The maximum absolute atomic E-state index is 4.46. The molecule has 1 unspecified atom stereocenters. The van der Waals surface area contributed by atoms with Gasteiger partial charge in [-0.25, -0.2) is 9.97 Å². The smallest absolute Gasteiger partial charge is 0.225 e. The number of aromatic nitrogens is 2. The van der Waals surface area contributed by atoms with E-state index in [0.29, 0.717) is 5.92 Å². The van der Waals surface area contributed by atoms with Crippen LogP contribution in [0.5, 0.6) is 0 Å². The van der Waals surface area contributed by atoms with Gasteiger partial charge in [-0.05, 0) is 25.5 Å². The van der Waals surface area contributed by atoms with Gasteiger partial charge in [-0.2, -0.15) is 0 Å². The Morgan fingerprint density at radius 3 is 3.20 bits per heavy atom. The predicted octanol–water partition coefficient (Wildman–Crippen LogP) is 0.831. The second kappa shape index (κ2) is 4.57. The molecule has 0 spiro atoms. The lowest BCUT2D eigenvalue weighted by Crippen LogP contribution is -2.30. The van der Waals surface area contributed by atoms with Gasteiger partial charge in [0, 0.05) is 31.5 Å². The maximum Gasteiger partial charge on any atom is 0.225 e. The van der Waals surface area contributed by atoms with Crippen LogP contribution in [0.3, 0.4) is 0 Å². The fourth-order valence-corrected chi connectivity index (χ4v) is 1.86. The first kappa shape index (κ1) is 10.4. The van der Waals surface area contributed by atoms with Gasteiger partial charge in [-0.15, -0.1) is 0 Å². The molecule has 4 nitrogen and oxygen atoms in total. The summed E-state index contributed by atoms with van der Waals surface area (Å²) in [4.78, 5) is 11.0. The Kier molecular flexibility index (Phi) is 3.16. The summed E-state index contributed by atoms with van der Waals surface area (Å²) in [6, 6.07) is 1.93. The highest BCUT2D eigenvalue weighted by Gasteiger charge is 2.16. The molecular formula is C11H18N4. The SMILES string of the molecule is Cc1ccnc(N2CCNCC(C)C2)n1. The predicted molar refractivity (Wildman–Crippen MR) is 61.0 cm³/mol. The summed E-state index contributed by atoms with van der Waals surface area (Å²) in [5.41, 5.74) is 1.03. The van der Waals surface area contributed by atoms with Crippen LogP contribution in [-0.2, 0) is 0 Å². The van der Waals surface area contributed by atoms with Crippen molar-refractivity contribution in [1.82, 2.24) is 15.3 Å². The number of aryl methyl sites for hydroxylation is 1. The Labute approximate surface area is 90.7 Å². The molecule has 1 aliphatic heterocycles. The first-order chi connectivity index (χ1) is 7.25. The molecule has 1 aromatic rings. The second-order valence-corrected chi connectivity index (χ2v) is 4.25. The molecule has 0 saturated carbocycles. The minimum absolute atomic E-state index is 0.650. The Morgan fingerprint density at radius 1 is 1.53 bits per heavy atom. The maximum atomic E-state index is 4.46. The normalized spacial score (nSPS) is 22.5. The summed E-state index contributed by atoms with van der Waals surface area (Å²) in [5.74, 6) is 1.52. The van der Waals surface area contributed by atoms with Crippen LogP contribution in [0.2, 0.25) is 0 Å². The standard InChI is InChI=1S/C11H18N4/c1-9-7-12-5-6-15(8-9)11-13-4-3-10(2)14-11/h3-4,9,12H,5-8H2,1-2H3. The Balaban J connectivity index is 2.14. The van der Waals surface area contributed by atoms with Gasteiger partial charge in [0.1, 0.15) is 0 Å². The Hall–Kier alpha value is -1.16. The molecule has 1 saturated heterocycles. The number of hydrogen-bond acceptors (Lipinski definition) is 4. The van der Waals surface area contributed by atoms with E-state index in [0.717, 1.165) is 37.8 Å². The van der Waals surface area contributed by atoms with Gasteiger partial charge in [0.05, 0.1) is 0 Å². The van der Waals surface area contributed by atoms with Gasteiger partial charge in [-0.1, -0.05) is 6.92 Å². The third kappa shape index (κ3) is 2.65. The summed E-state index contributed by atoms with van der Waals surface area (Å²) < 4.78 is 0. The van der Waals surface area contributed by atoms with E-state index in [9.17, 15) is 0 Å². The molecule has 0 bridgehead atoms. The molecule has 0 amide bonds. The third-order valence-corrected chi connectivity index (χ3v) is 2.65. The largest absolute Gasteiger partial charge is 0.339 e. The first-order valence-corrected chi connectivity index (χ1v) is 5.51. The molecule has 1 aliphatic rings. The van der Waals surface area contributed by atoms with E-state index in [1.54, 1.807) is 0 Å². The molecule has 15 heavy (non-hydrogen) atoms. The zero-order valence-corrected chi connectivity index (χ0v) is 9.40. The van der Waals surface area contributed by atoms with Crippen molar-refractivity contribution in [1.29, 1.82) is 0 Å². The van der Waals surface area contributed by atoms with Crippen LogP contribution in [0.15, 0.2) is 12.3 Å². The molecule has 82 valence electrons. The van der Waals surface area contributed by atoms with Crippen molar-refractivity contribution in [2.75, 3.05) is 31.1 Å². The van der Waals surface area contributed by atoms with Crippen LogP contribution in [0.1, 0.15) is 12.6 Å². The summed E-state index contributed by atoms with van der Waals surface area (Å²) in [6.45, 7) is 8.39. The zero-order chi connectivity index (χ0) is 10.7. The monoisotopic (exact) mass is 206 g/mol. The fourth-order valence-electron chi connectivity index (χ4n) is 1.86. The van der Waals surface area contributed by atoms with Gasteiger partial charge >= 0.3 is 0 Å². The second-order valence-electron chi connectivity index (χ2n) is 4.25. The average Bonchev–Trinajstić information content (AvgIpc) is 2.43. The Morgan fingerprint density at radius 2 is 2.40 bits per heavy atom. The van der Waals surface area contributed by atoms with Crippen LogP contribution in [-0.4, -0.2) is 36.1 Å². The number of nitrogens with one attached hydrogen (secondary N) is 1. The van der Waals surface area contributed by atoms with Crippen LogP contribution < -0.4 is 10.2 Å². The molecule has 0 aromatic carbocycles. The highest BCUT2D eigenvalue weighted by atomic mass is 15.3. The van der Waals surface area contributed by atoms with Crippen molar-refractivity contribution in [3.05, 3.63) is 18.0 Å². The van der Waals surface area contributed by atoms with Crippen molar-refractivity contribution in [3.63, 3.8) is 0 Å². The van der Waals surface area contributed by atoms with Crippen molar-refractivity contribution in [2.45, 2.75) is 13.8 Å². The first-order valence-electron chi connectivity index (χ1n) is 5.51. The highest BCUT2D eigenvalue weighted by Crippen LogP contribution is 2.11. The zero-order valence-electron chi connectivity index (χ0n) is 9.40. The van der Waals surface area contributed by atoms with Crippen LogP contribution in [0, 0.1) is 12.8 Å². The van der Waals surface area contributed by atoms with E-state index in [1.165, 1.54) is 0 Å². The number of hydrogen-bond donors (Lipinski definition) is 1. The molecule has 1 fully saturated rings. The lowest BCUT2D eigenvalue weighted by atomic mass is 10.2. The lowest BCUT2D eigenvalue weighted by molar-refractivity contribution is 0.561. The van der Waals surface area contributed by atoms with E-state index >= 15 is 0 Å². The van der Waals surface area contributed by atoms with Crippen LogP contribution in [0.25, 0.3) is 0 Å². The summed E-state index contributed by atoms with van der Waals surface area (Å²) in [5, 5.41) is 3.41. The molecular weight excluding hydrogens is 188 g/mol. The molecule has 0 aliphatic carbocycles. The van der Waals surface area contributed by atoms with Crippen molar-refractivity contribution in [2.24, 2.45) is 5.92 Å². The lowest BCUT2D eigenvalue weighted by Gasteiger charge is -2.22. The fraction of sp³-hybridized carbons (Fsp3) is 0.636. The van der Waals surface area contributed by atoms with Crippen molar-refractivity contribution >= 4 is 5.95 Å². The average molecular weight is 206 g/mol. The van der Waals surface area contributed by atoms with Gasteiger partial charge in [0.25, 0.3) is 0 Å². The minimum Gasteiger partial charge on any atom is -0.339 e. The van der Waals surface area contributed by atoms with E-state index in [2.05, 4.69) is 27.1 Å². The minimum atomic E-state index is 0.650. The Bertz CT molecular complexity index is 326. The van der Waals surface area contributed by atoms with Crippen LogP contribution >= 0.6 is 0 Å². The van der Waals surface area contributed by atoms with Gasteiger partial charge in [0.15, 0.2) is 0 Å². The quantitative estimate of drug-likeness (QED) is 0.739. The topological polar surface area (TPSA) is 41.1 Å². The van der Waals surface area contributed by atoms with Gasteiger partial charge in [-0.3, -0.25) is 0 Å². The molecule has 0 radical (unpaired) electrons. The molecule has 4 heteroatoms. The van der Waals surface area contributed by atoms with E-state index in [4.69, 9.17) is 0 Å². The molecule has 1 N–H and O–H groups in total.